The van der Waals surface area contributed by atoms with E-state index in [1.54, 1.807) is 4.68 Å². The fraction of sp³-hybridized carbons (Fsp3) is 0.733. The quantitative estimate of drug-likeness (QED) is 0.665. The number of aliphatic hydroxyl groups is 1. The molecule has 0 spiro atoms. The van der Waals surface area contributed by atoms with Crippen molar-refractivity contribution in [2.45, 2.75) is 38.3 Å². The highest BCUT2D eigenvalue weighted by Gasteiger charge is 2.24. The molecule has 1 aromatic heterocycles. The van der Waals surface area contributed by atoms with E-state index in [9.17, 15) is 4.79 Å². The van der Waals surface area contributed by atoms with Crippen LogP contribution in [0.15, 0.2) is 12.4 Å². The third-order valence-corrected chi connectivity index (χ3v) is 4.05. The Morgan fingerprint density at radius 2 is 2.23 bits per heavy atom. The molecule has 126 valence electrons. The summed E-state index contributed by atoms with van der Waals surface area (Å²) in [7, 11) is 5.82. The van der Waals surface area contributed by atoms with Gasteiger partial charge in [0.25, 0.3) is 0 Å². The highest BCUT2D eigenvalue weighted by molar-refractivity contribution is 5.74. The fourth-order valence-corrected chi connectivity index (χ4v) is 2.29. The number of carbonyl (C=O) groups is 1. The Morgan fingerprint density at radius 1 is 1.55 bits per heavy atom. The van der Waals surface area contributed by atoms with Gasteiger partial charge in [-0.2, -0.15) is 5.10 Å². The molecule has 7 nitrogen and oxygen atoms in total. The molecule has 2 unspecified atom stereocenters. The van der Waals surface area contributed by atoms with Crippen LogP contribution in [0.3, 0.4) is 0 Å². The first-order valence-electron chi connectivity index (χ1n) is 7.63. The van der Waals surface area contributed by atoms with Crippen LogP contribution in [0.5, 0.6) is 0 Å². The van der Waals surface area contributed by atoms with Crippen molar-refractivity contribution in [1.82, 2.24) is 25.3 Å². The van der Waals surface area contributed by atoms with Crippen LogP contribution < -0.4 is 10.6 Å². The highest BCUT2D eigenvalue weighted by atomic mass is 16.3. The topological polar surface area (TPSA) is 82.4 Å². The molecule has 0 saturated heterocycles. The fourth-order valence-electron chi connectivity index (χ4n) is 2.29. The lowest BCUT2D eigenvalue weighted by Gasteiger charge is -2.30. The van der Waals surface area contributed by atoms with E-state index in [2.05, 4.69) is 15.7 Å². The van der Waals surface area contributed by atoms with E-state index in [0.29, 0.717) is 13.0 Å². The van der Waals surface area contributed by atoms with Crippen molar-refractivity contribution >= 4 is 6.03 Å². The molecule has 0 bridgehead atoms. The van der Waals surface area contributed by atoms with E-state index in [4.69, 9.17) is 5.11 Å². The second kappa shape index (κ2) is 8.14. The molecule has 22 heavy (non-hydrogen) atoms. The molecule has 1 heterocycles. The summed E-state index contributed by atoms with van der Waals surface area (Å²) in [6.07, 6.45) is 5.07. The maximum atomic E-state index is 12.1. The van der Waals surface area contributed by atoms with Crippen LogP contribution >= 0.6 is 0 Å². The molecule has 2 amide bonds. The van der Waals surface area contributed by atoms with E-state index in [-0.39, 0.29) is 24.2 Å². The summed E-state index contributed by atoms with van der Waals surface area (Å²) in [6.45, 7) is 4.48. The molecule has 0 aliphatic heterocycles. The van der Waals surface area contributed by atoms with Crippen molar-refractivity contribution in [3.05, 3.63) is 18.0 Å². The van der Waals surface area contributed by atoms with Gasteiger partial charge >= 0.3 is 6.03 Å². The Balaban J connectivity index is 2.60. The summed E-state index contributed by atoms with van der Waals surface area (Å²) in [5.41, 5.74) is 0.669. The van der Waals surface area contributed by atoms with Gasteiger partial charge in [0.05, 0.1) is 12.2 Å². The number of hydrogen-bond acceptors (Lipinski definition) is 4. The summed E-state index contributed by atoms with van der Waals surface area (Å²) in [6, 6.07) is -0.154. The van der Waals surface area contributed by atoms with Crippen molar-refractivity contribution in [2.75, 3.05) is 27.2 Å². The number of aryl methyl sites for hydroxylation is 1. The number of carbonyl (C=O) groups excluding carboxylic acids is 1. The van der Waals surface area contributed by atoms with Crippen molar-refractivity contribution < 1.29 is 9.90 Å². The number of amides is 2. The molecule has 0 fully saturated rings. The summed E-state index contributed by atoms with van der Waals surface area (Å²) >= 11 is 0. The molecule has 0 aromatic carbocycles. The number of aromatic nitrogens is 2. The van der Waals surface area contributed by atoms with Crippen LogP contribution in [0.2, 0.25) is 0 Å². The lowest BCUT2D eigenvalue weighted by Crippen LogP contribution is -2.51. The summed E-state index contributed by atoms with van der Waals surface area (Å²) in [5, 5.41) is 19.1. The number of likely N-dealkylation sites (N-methyl/N-ethyl adjacent to an activating group) is 1. The van der Waals surface area contributed by atoms with Crippen LogP contribution in [0.25, 0.3) is 0 Å². The first kappa shape index (κ1) is 18.4. The SMILES string of the molecule is CCC(C)(CCO)NC(=O)NCC(c1cnn(C)c1)N(C)C. The van der Waals surface area contributed by atoms with E-state index in [1.165, 1.54) is 0 Å². The van der Waals surface area contributed by atoms with Crippen molar-refractivity contribution in [3.8, 4) is 0 Å². The van der Waals surface area contributed by atoms with Crippen LogP contribution in [-0.2, 0) is 7.05 Å². The number of rotatable bonds is 8. The minimum absolute atomic E-state index is 0.0562. The Kier molecular flexibility index (Phi) is 6.83. The van der Waals surface area contributed by atoms with Gasteiger partial charge in [-0.05, 0) is 33.9 Å². The van der Waals surface area contributed by atoms with Gasteiger partial charge in [-0.3, -0.25) is 4.68 Å². The summed E-state index contributed by atoms with van der Waals surface area (Å²) < 4.78 is 1.75. The second-order valence-corrected chi connectivity index (χ2v) is 6.15. The van der Waals surface area contributed by atoms with Gasteiger partial charge in [-0.15, -0.1) is 0 Å². The Hall–Kier alpha value is -1.60. The Bertz CT molecular complexity index is 474. The molecule has 2 atom stereocenters. The highest BCUT2D eigenvalue weighted by Crippen LogP contribution is 2.17. The zero-order valence-corrected chi connectivity index (χ0v) is 14.3. The van der Waals surface area contributed by atoms with E-state index >= 15 is 0 Å². The second-order valence-electron chi connectivity index (χ2n) is 6.15. The monoisotopic (exact) mass is 311 g/mol. The van der Waals surface area contributed by atoms with E-state index < -0.39 is 0 Å². The lowest BCUT2D eigenvalue weighted by atomic mass is 9.95. The predicted octanol–water partition coefficient (Wildman–Crippen LogP) is 0.873. The van der Waals surface area contributed by atoms with Gasteiger partial charge in [0.15, 0.2) is 0 Å². The normalized spacial score (nSPS) is 15.4. The van der Waals surface area contributed by atoms with Crippen LogP contribution in [0, 0.1) is 0 Å². The van der Waals surface area contributed by atoms with Gasteiger partial charge in [0.1, 0.15) is 0 Å². The minimum atomic E-state index is -0.388. The number of nitrogens with one attached hydrogen (secondary N) is 2. The van der Waals surface area contributed by atoms with Gasteiger partial charge in [0, 0.05) is 37.5 Å². The molecule has 1 aromatic rings. The maximum Gasteiger partial charge on any atom is 0.315 e. The molecule has 0 radical (unpaired) electrons. The molecule has 7 heteroatoms. The third kappa shape index (κ3) is 5.31. The molecule has 3 N–H and O–H groups in total. The van der Waals surface area contributed by atoms with Gasteiger partial charge < -0.3 is 20.6 Å². The smallest absolute Gasteiger partial charge is 0.315 e. The molecule has 0 saturated carbocycles. The van der Waals surface area contributed by atoms with Crippen LogP contribution in [0.4, 0.5) is 4.79 Å². The zero-order valence-electron chi connectivity index (χ0n) is 14.3. The van der Waals surface area contributed by atoms with Crippen molar-refractivity contribution in [2.24, 2.45) is 7.05 Å². The van der Waals surface area contributed by atoms with E-state index in [1.807, 2.05) is 52.3 Å². The van der Waals surface area contributed by atoms with Gasteiger partial charge in [-0.1, -0.05) is 6.92 Å². The first-order chi connectivity index (χ1) is 10.3. The largest absolute Gasteiger partial charge is 0.396 e. The standard InChI is InChI=1S/C15H29N5O2/c1-6-15(2,7-8-21)18-14(22)16-10-13(19(3)4)12-9-17-20(5)11-12/h9,11,13,21H,6-8,10H2,1-5H3,(H2,16,18,22). The number of aliphatic hydroxyl groups excluding tert-OH is 1. The molecule has 1 rings (SSSR count). The average molecular weight is 311 g/mol. The Labute approximate surface area is 132 Å². The van der Waals surface area contributed by atoms with Crippen LogP contribution in [-0.4, -0.2) is 58.6 Å². The molecular formula is C15H29N5O2. The van der Waals surface area contributed by atoms with Crippen LogP contribution in [0.1, 0.15) is 38.3 Å². The minimum Gasteiger partial charge on any atom is -0.396 e. The molecule has 0 aliphatic rings. The zero-order chi connectivity index (χ0) is 16.8. The predicted molar refractivity (Wildman–Crippen MR) is 86.6 cm³/mol. The lowest BCUT2D eigenvalue weighted by molar-refractivity contribution is 0.197. The van der Waals surface area contributed by atoms with Gasteiger partial charge in [0.2, 0.25) is 0 Å². The summed E-state index contributed by atoms with van der Waals surface area (Å²) in [5.74, 6) is 0. The third-order valence-electron chi connectivity index (χ3n) is 4.05. The van der Waals surface area contributed by atoms with E-state index in [0.717, 1.165) is 12.0 Å². The maximum absolute atomic E-state index is 12.1. The summed E-state index contributed by atoms with van der Waals surface area (Å²) in [4.78, 5) is 14.2. The molecular weight excluding hydrogens is 282 g/mol. The van der Waals surface area contributed by atoms with Crippen molar-refractivity contribution in [3.63, 3.8) is 0 Å². The van der Waals surface area contributed by atoms with Gasteiger partial charge in [-0.25, -0.2) is 4.79 Å². The molecule has 0 aliphatic carbocycles. The number of hydrogen-bond donors (Lipinski definition) is 3. The first-order valence-corrected chi connectivity index (χ1v) is 7.63. The average Bonchev–Trinajstić information content (AvgIpc) is 2.85. The number of urea groups is 1. The number of nitrogens with zero attached hydrogens (tertiary/aromatic N) is 3. The van der Waals surface area contributed by atoms with Crippen molar-refractivity contribution in [1.29, 1.82) is 0 Å². The Morgan fingerprint density at radius 3 is 2.68 bits per heavy atom.